The molecule has 0 spiro atoms. The Morgan fingerprint density at radius 1 is 0.214 bits per heavy atom. The van der Waals surface area contributed by atoms with Crippen LogP contribution in [-0.4, -0.2) is 15.0 Å². The maximum atomic E-state index is 5.26. The second kappa shape index (κ2) is 14.4. The summed E-state index contributed by atoms with van der Waals surface area (Å²) in [6.45, 7) is 0. The Hall–Kier alpha value is -7.49. The lowest BCUT2D eigenvalue weighted by Gasteiger charge is -2.15. The number of aromatic nitrogens is 3. The Morgan fingerprint density at radius 2 is 0.625 bits per heavy atom. The molecule has 0 N–H and O–H groups in total. The topological polar surface area (TPSA) is 38.7 Å². The molecular formula is C53H35N3. The van der Waals surface area contributed by atoms with Gasteiger partial charge in [-0.05, 0) is 84.3 Å². The van der Waals surface area contributed by atoms with Gasteiger partial charge in [-0.2, -0.15) is 0 Å². The molecule has 1 aromatic heterocycles. The quantitative estimate of drug-likeness (QED) is 0.165. The highest BCUT2D eigenvalue weighted by Crippen LogP contribution is 2.38. The number of hydrogen-bond acceptors (Lipinski definition) is 3. The molecule has 0 saturated heterocycles. The first-order valence-corrected chi connectivity index (χ1v) is 18.9. The van der Waals surface area contributed by atoms with E-state index >= 15 is 0 Å². The standard InChI is InChI=1S/C53H35N3/c1-4-14-36(15-5-1)38-24-26-40(27-25-38)51-54-52(49-23-13-10-20-45(49)39-18-8-3-9-19-39)56-53(55-51)50-33-32-46(47-21-11-12-22-48(47)50)44-31-30-42-34-41(28-29-43(42)35-44)37-16-6-2-7-17-37/h1-35H. The molecule has 3 heteroatoms. The van der Waals surface area contributed by atoms with Crippen molar-refractivity contribution in [2.45, 2.75) is 0 Å². The third-order valence-corrected chi connectivity index (χ3v) is 10.6. The van der Waals surface area contributed by atoms with Gasteiger partial charge in [0.1, 0.15) is 0 Å². The van der Waals surface area contributed by atoms with Crippen LogP contribution in [-0.2, 0) is 0 Å². The van der Waals surface area contributed by atoms with E-state index in [0.717, 1.165) is 44.2 Å². The van der Waals surface area contributed by atoms with Gasteiger partial charge in [-0.15, -0.1) is 0 Å². The molecular weight excluding hydrogens is 679 g/mol. The molecule has 1 heterocycles. The number of fused-ring (bicyclic) bond motifs is 2. The van der Waals surface area contributed by atoms with Gasteiger partial charge in [0.2, 0.25) is 0 Å². The number of benzene rings is 9. The van der Waals surface area contributed by atoms with Crippen LogP contribution in [0.1, 0.15) is 0 Å². The average molecular weight is 714 g/mol. The highest BCUT2D eigenvalue weighted by atomic mass is 15.0. The molecule has 56 heavy (non-hydrogen) atoms. The minimum Gasteiger partial charge on any atom is -0.208 e. The summed E-state index contributed by atoms with van der Waals surface area (Å²) in [6.07, 6.45) is 0. The van der Waals surface area contributed by atoms with E-state index in [0.29, 0.717) is 17.5 Å². The molecule has 262 valence electrons. The van der Waals surface area contributed by atoms with E-state index in [-0.39, 0.29) is 0 Å². The molecule has 0 bridgehead atoms. The maximum absolute atomic E-state index is 5.26. The van der Waals surface area contributed by atoms with Crippen molar-refractivity contribution in [1.29, 1.82) is 0 Å². The van der Waals surface area contributed by atoms with Crippen molar-refractivity contribution in [3.05, 3.63) is 212 Å². The molecule has 0 atom stereocenters. The lowest BCUT2D eigenvalue weighted by molar-refractivity contribution is 1.08. The van der Waals surface area contributed by atoms with Gasteiger partial charge in [0.25, 0.3) is 0 Å². The summed E-state index contributed by atoms with van der Waals surface area (Å²) in [5, 5.41) is 4.65. The van der Waals surface area contributed by atoms with Gasteiger partial charge >= 0.3 is 0 Å². The van der Waals surface area contributed by atoms with Gasteiger partial charge in [-0.25, -0.2) is 15.0 Å². The molecule has 0 aliphatic rings. The van der Waals surface area contributed by atoms with Gasteiger partial charge in [0.15, 0.2) is 17.5 Å². The predicted octanol–water partition coefficient (Wildman–Crippen LogP) is 13.8. The number of nitrogens with zero attached hydrogens (tertiary/aromatic N) is 3. The zero-order chi connectivity index (χ0) is 37.3. The third-order valence-electron chi connectivity index (χ3n) is 10.6. The van der Waals surface area contributed by atoms with E-state index in [1.165, 1.54) is 38.6 Å². The summed E-state index contributed by atoms with van der Waals surface area (Å²) < 4.78 is 0. The van der Waals surface area contributed by atoms with Crippen LogP contribution >= 0.6 is 0 Å². The molecule has 10 rings (SSSR count). The highest BCUT2D eigenvalue weighted by molar-refractivity contribution is 6.05. The highest BCUT2D eigenvalue weighted by Gasteiger charge is 2.18. The number of hydrogen-bond donors (Lipinski definition) is 0. The van der Waals surface area contributed by atoms with Crippen LogP contribution in [0.15, 0.2) is 212 Å². The maximum Gasteiger partial charge on any atom is 0.164 e. The van der Waals surface area contributed by atoms with Crippen LogP contribution in [0.25, 0.3) is 100 Å². The minimum absolute atomic E-state index is 0.630. The molecule has 0 aliphatic heterocycles. The largest absolute Gasteiger partial charge is 0.208 e. The summed E-state index contributed by atoms with van der Waals surface area (Å²) in [6, 6.07) is 74.7. The normalized spacial score (nSPS) is 11.2. The summed E-state index contributed by atoms with van der Waals surface area (Å²) in [5.41, 5.74) is 12.1. The fourth-order valence-corrected chi connectivity index (χ4v) is 7.71. The van der Waals surface area contributed by atoms with Crippen LogP contribution in [0.3, 0.4) is 0 Å². The Bertz CT molecular complexity index is 2990. The molecule has 0 radical (unpaired) electrons. The van der Waals surface area contributed by atoms with Crippen molar-refractivity contribution in [2.75, 3.05) is 0 Å². The third kappa shape index (κ3) is 6.31. The minimum atomic E-state index is 0.630. The van der Waals surface area contributed by atoms with Crippen LogP contribution in [0, 0.1) is 0 Å². The van der Waals surface area contributed by atoms with Gasteiger partial charge < -0.3 is 0 Å². The average Bonchev–Trinajstić information content (AvgIpc) is 3.29. The molecule has 10 aromatic rings. The summed E-state index contributed by atoms with van der Waals surface area (Å²) in [5.74, 6) is 1.90. The Morgan fingerprint density at radius 3 is 1.29 bits per heavy atom. The second-order valence-electron chi connectivity index (χ2n) is 14.0. The fraction of sp³-hybridized carbons (Fsp3) is 0. The Kier molecular flexibility index (Phi) is 8.51. The molecule has 0 unspecified atom stereocenters. The van der Waals surface area contributed by atoms with Gasteiger partial charge in [0, 0.05) is 16.7 Å². The van der Waals surface area contributed by atoms with E-state index in [2.05, 4.69) is 200 Å². The van der Waals surface area contributed by atoms with Crippen molar-refractivity contribution in [3.8, 4) is 78.7 Å². The predicted molar refractivity (Wildman–Crippen MR) is 233 cm³/mol. The van der Waals surface area contributed by atoms with Gasteiger partial charge in [-0.3, -0.25) is 0 Å². The van der Waals surface area contributed by atoms with E-state index in [1.54, 1.807) is 0 Å². The Labute approximate surface area is 326 Å². The molecule has 0 aliphatic carbocycles. The van der Waals surface area contributed by atoms with Crippen molar-refractivity contribution in [2.24, 2.45) is 0 Å². The SMILES string of the molecule is c1ccc(-c2ccc(-c3nc(-c4ccccc4-c4ccccc4)nc(-c4ccc(-c5ccc6cc(-c7ccccc7)ccc6c5)c5ccccc45)n3)cc2)cc1. The van der Waals surface area contributed by atoms with E-state index in [9.17, 15) is 0 Å². The molecule has 0 amide bonds. The van der Waals surface area contributed by atoms with Crippen molar-refractivity contribution >= 4 is 21.5 Å². The van der Waals surface area contributed by atoms with E-state index in [1.807, 2.05) is 12.1 Å². The first-order chi connectivity index (χ1) is 27.7. The van der Waals surface area contributed by atoms with Crippen molar-refractivity contribution in [3.63, 3.8) is 0 Å². The monoisotopic (exact) mass is 713 g/mol. The van der Waals surface area contributed by atoms with Crippen LogP contribution in [0.5, 0.6) is 0 Å². The zero-order valence-electron chi connectivity index (χ0n) is 30.5. The van der Waals surface area contributed by atoms with E-state index < -0.39 is 0 Å². The van der Waals surface area contributed by atoms with Crippen molar-refractivity contribution < 1.29 is 0 Å². The van der Waals surface area contributed by atoms with Gasteiger partial charge in [-0.1, -0.05) is 194 Å². The molecule has 9 aromatic carbocycles. The number of rotatable bonds is 7. The first kappa shape index (κ1) is 33.1. The lowest BCUT2D eigenvalue weighted by atomic mass is 9.92. The van der Waals surface area contributed by atoms with Crippen molar-refractivity contribution in [1.82, 2.24) is 15.0 Å². The molecule has 3 nitrogen and oxygen atoms in total. The summed E-state index contributed by atoms with van der Waals surface area (Å²) in [4.78, 5) is 15.6. The lowest BCUT2D eigenvalue weighted by Crippen LogP contribution is -2.01. The fourth-order valence-electron chi connectivity index (χ4n) is 7.71. The van der Waals surface area contributed by atoms with E-state index in [4.69, 9.17) is 15.0 Å². The second-order valence-corrected chi connectivity index (χ2v) is 14.0. The summed E-state index contributed by atoms with van der Waals surface area (Å²) in [7, 11) is 0. The van der Waals surface area contributed by atoms with Crippen LogP contribution < -0.4 is 0 Å². The summed E-state index contributed by atoms with van der Waals surface area (Å²) >= 11 is 0. The Balaban J connectivity index is 1.11. The molecule has 0 saturated carbocycles. The smallest absolute Gasteiger partial charge is 0.164 e. The van der Waals surface area contributed by atoms with Crippen LogP contribution in [0.2, 0.25) is 0 Å². The molecule has 0 fully saturated rings. The van der Waals surface area contributed by atoms with Crippen LogP contribution in [0.4, 0.5) is 0 Å². The van der Waals surface area contributed by atoms with Gasteiger partial charge in [0.05, 0.1) is 0 Å². The first-order valence-electron chi connectivity index (χ1n) is 18.9. The zero-order valence-corrected chi connectivity index (χ0v) is 30.5.